The van der Waals surface area contributed by atoms with Gasteiger partial charge in [-0.2, -0.15) is 0 Å². The van der Waals surface area contributed by atoms with Gasteiger partial charge in [0.25, 0.3) is 0 Å². The fraction of sp³-hybridized carbons (Fsp3) is 0.292. The molecule has 6 nitrogen and oxygen atoms in total. The van der Waals surface area contributed by atoms with Crippen molar-refractivity contribution >= 4 is 21.9 Å². The summed E-state index contributed by atoms with van der Waals surface area (Å²) in [5, 5.41) is 8.34. The fourth-order valence-electron chi connectivity index (χ4n) is 3.78. The highest BCUT2D eigenvalue weighted by Gasteiger charge is 2.30. The molecule has 0 aliphatic carbocycles. The van der Waals surface area contributed by atoms with Crippen LogP contribution in [0.5, 0.6) is 5.75 Å². The number of nitrogens with zero attached hydrogens (tertiary/aromatic N) is 3. The number of halogens is 1. The highest BCUT2D eigenvalue weighted by Crippen LogP contribution is 2.39. The summed E-state index contributed by atoms with van der Waals surface area (Å²) in [7, 11) is 1.70. The van der Waals surface area contributed by atoms with Gasteiger partial charge < -0.3 is 9.84 Å². The number of rotatable bonds is 5. The van der Waals surface area contributed by atoms with Gasteiger partial charge in [-0.05, 0) is 83.7 Å². The summed E-state index contributed by atoms with van der Waals surface area (Å²) in [5.41, 5.74) is 2.85. The molecule has 31 heavy (non-hydrogen) atoms. The van der Waals surface area contributed by atoms with Crippen molar-refractivity contribution in [2.75, 3.05) is 13.7 Å². The van der Waals surface area contributed by atoms with Crippen molar-refractivity contribution < 1.29 is 14.6 Å². The van der Waals surface area contributed by atoms with E-state index in [0.717, 1.165) is 16.8 Å². The van der Waals surface area contributed by atoms with Crippen molar-refractivity contribution in [3.8, 4) is 5.75 Å². The van der Waals surface area contributed by atoms with Gasteiger partial charge in [0, 0.05) is 41.3 Å². The lowest BCUT2D eigenvalue weighted by atomic mass is 10.0. The van der Waals surface area contributed by atoms with Crippen LogP contribution in [-0.4, -0.2) is 39.6 Å². The predicted octanol–water partition coefficient (Wildman–Crippen LogP) is 5.53. The van der Waals surface area contributed by atoms with Gasteiger partial charge in [-0.15, -0.1) is 0 Å². The molecule has 1 aromatic carbocycles. The van der Waals surface area contributed by atoms with Gasteiger partial charge in [0.1, 0.15) is 5.75 Å². The van der Waals surface area contributed by atoms with E-state index in [1.807, 2.05) is 24.5 Å². The molecular weight excluding hydrogens is 458 g/mol. The smallest absolute Gasteiger partial charge is 0.337 e. The number of benzene rings is 1. The van der Waals surface area contributed by atoms with Gasteiger partial charge in [0.05, 0.1) is 12.7 Å². The van der Waals surface area contributed by atoms with Crippen LogP contribution in [0.15, 0.2) is 71.7 Å². The third-order valence-electron chi connectivity index (χ3n) is 5.41. The fourth-order valence-corrected chi connectivity index (χ4v) is 4.17. The molecular formula is C24H26BrN3O3. The largest absolute Gasteiger partial charge is 0.497 e. The zero-order valence-corrected chi connectivity index (χ0v) is 19.2. The van der Waals surface area contributed by atoms with Crippen molar-refractivity contribution in [1.82, 2.24) is 14.9 Å². The highest BCUT2D eigenvalue weighted by molar-refractivity contribution is 9.10. The predicted molar refractivity (Wildman–Crippen MR) is 123 cm³/mol. The molecule has 0 spiro atoms. The summed E-state index contributed by atoms with van der Waals surface area (Å²) in [5.74, 6) is -0.0341. The van der Waals surface area contributed by atoms with Crippen LogP contribution in [-0.2, 0) is 0 Å². The van der Waals surface area contributed by atoms with Gasteiger partial charge in [0.2, 0.25) is 0 Å². The number of hydrogen-bond acceptors (Lipinski definition) is 5. The first kappa shape index (κ1) is 22.9. The number of pyridine rings is 2. The molecule has 3 aromatic rings. The summed E-state index contributed by atoms with van der Waals surface area (Å²) < 4.78 is 6.30. The van der Waals surface area contributed by atoms with Crippen LogP contribution in [0.3, 0.4) is 0 Å². The number of ether oxygens (including phenoxy) is 1. The highest BCUT2D eigenvalue weighted by atomic mass is 79.9. The van der Waals surface area contributed by atoms with E-state index in [2.05, 4.69) is 55.9 Å². The second kappa shape index (κ2) is 11.0. The van der Waals surface area contributed by atoms with Crippen molar-refractivity contribution in [3.05, 3.63) is 88.4 Å². The summed E-state index contributed by atoms with van der Waals surface area (Å²) in [6.45, 7) is 3.41. The Labute approximate surface area is 191 Å². The number of carboxylic acids is 1. The molecule has 0 radical (unpaired) electrons. The van der Waals surface area contributed by atoms with E-state index in [-0.39, 0.29) is 5.56 Å². The van der Waals surface area contributed by atoms with Gasteiger partial charge in [-0.25, -0.2) is 4.79 Å². The summed E-state index contributed by atoms with van der Waals surface area (Å²) in [6, 6.07) is 14.5. The lowest BCUT2D eigenvalue weighted by Crippen LogP contribution is -2.26. The molecule has 1 aliphatic rings. The Hall–Kier alpha value is -2.77. The van der Waals surface area contributed by atoms with Gasteiger partial charge in [0.15, 0.2) is 0 Å². The Balaban J connectivity index is 0.000000254. The average molecular weight is 484 g/mol. The number of likely N-dealkylation sites (tertiary alicyclic amines) is 1. The minimum absolute atomic E-state index is 0.220. The van der Waals surface area contributed by atoms with E-state index in [1.165, 1.54) is 42.4 Å². The molecule has 2 atom stereocenters. The quantitative estimate of drug-likeness (QED) is 0.513. The third-order valence-corrected chi connectivity index (χ3v) is 5.84. The minimum atomic E-state index is -0.942. The second-order valence-corrected chi connectivity index (χ2v) is 8.24. The monoisotopic (exact) mass is 483 g/mol. The zero-order chi connectivity index (χ0) is 22.2. The molecule has 1 aliphatic heterocycles. The first-order chi connectivity index (χ1) is 15.0. The maximum Gasteiger partial charge on any atom is 0.337 e. The lowest BCUT2D eigenvalue weighted by Gasteiger charge is -2.31. The van der Waals surface area contributed by atoms with Crippen LogP contribution >= 0.6 is 15.9 Å². The molecule has 0 bridgehead atoms. The molecule has 2 aromatic heterocycles. The minimum Gasteiger partial charge on any atom is -0.497 e. The summed E-state index contributed by atoms with van der Waals surface area (Å²) in [6.07, 6.45) is 9.11. The van der Waals surface area contributed by atoms with Crippen LogP contribution in [0.2, 0.25) is 0 Å². The molecule has 7 heteroatoms. The second-order valence-electron chi connectivity index (χ2n) is 7.33. The SMILES string of the molecule is COc1ccc([C@@H](C)N2CCC[C@H]2c2cncc(Br)c2)cc1.O=C(O)c1cccnc1. The van der Waals surface area contributed by atoms with Gasteiger partial charge >= 0.3 is 5.97 Å². The van der Waals surface area contributed by atoms with Gasteiger partial charge in [-0.3, -0.25) is 14.9 Å². The molecule has 0 amide bonds. The first-order valence-corrected chi connectivity index (χ1v) is 10.9. The Morgan fingerprint density at radius 2 is 1.97 bits per heavy atom. The molecule has 1 N–H and O–H groups in total. The first-order valence-electron chi connectivity index (χ1n) is 10.1. The Morgan fingerprint density at radius 3 is 2.55 bits per heavy atom. The molecule has 1 saturated heterocycles. The number of hydrogen-bond donors (Lipinski definition) is 1. The normalized spacial score (nSPS) is 16.8. The maximum atomic E-state index is 10.2. The van der Waals surface area contributed by atoms with Crippen LogP contribution in [0.25, 0.3) is 0 Å². The van der Waals surface area contributed by atoms with Crippen molar-refractivity contribution in [2.24, 2.45) is 0 Å². The van der Waals surface area contributed by atoms with Gasteiger partial charge in [-0.1, -0.05) is 12.1 Å². The van der Waals surface area contributed by atoms with Crippen molar-refractivity contribution in [1.29, 1.82) is 0 Å². The number of carboxylic acid groups (broad SMARTS) is 1. The summed E-state index contributed by atoms with van der Waals surface area (Å²) in [4.78, 5) is 20.7. The maximum absolute atomic E-state index is 10.2. The summed E-state index contributed by atoms with van der Waals surface area (Å²) >= 11 is 3.53. The number of aromatic nitrogens is 2. The van der Waals surface area contributed by atoms with E-state index >= 15 is 0 Å². The number of aromatic carboxylic acids is 1. The van der Waals surface area contributed by atoms with E-state index < -0.39 is 5.97 Å². The van der Waals surface area contributed by atoms with Crippen LogP contribution in [0.1, 0.15) is 53.3 Å². The third kappa shape index (κ3) is 6.12. The standard InChI is InChI=1S/C18H21BrN2O.C6H5NO2/c1-13(14-5-7-17(22-2)8-6-14)21-9-3-4-18(21)15-10-16(19)12-20-11-15;8-6(9)5-2-1-3-7-4-5/h5-8,10-13,18H,3-4,9H2,1-2H3;1-4H,(H,8,9)/t13-,18+;/m1./s1. The topological polar surface area (TPSA) is 75.5 Å². The molecule has 1 fully saturated rings. The van der Waals surface area contributed by atoms with E-state index in [1.54, 1.807) is 13.2 Å². The number of methoxy groups -OCH3 is 1. The Kier molecular flexibility index (Phi) is 8.14. The molecule has 0 saturated carbocycles. The van der Waals surface area contributed by atoms with E-state index in [0.29, 0.717) is 12.1 Å². The van der Waals surface area contributed by atoms with E-state index in [4.69, 9.17) is 9.84 Å². The van der Waals surface area contributed by atoms with Crippen molar-refractivity contribution in [3.63, 3.8) is 0 Å². The Morgan fingerprint density at radius 1 is 1.19 bits per heavy atom. The molecule has 0 unspecified atom stereocenters. The number of carbonyl (C=O) groups is 1. The van der Waals surface area contributed by atoms with E-state index in [9.17, 15) is 4.79 Å². The van der Waals surface area contributed by atoms with Crippen LogP contribution < -0.4 is 4.74 Å². The Bertz CT molecular complexity index is 983. The lowest BCUT2D eigenvalue weighted by molar-refractivity contribution is 0.0696. The molecule has 4 rings (SSSR count). The average Bonchev–Trinajstić information content (AvgIpc) is 3.30. The van der Waals surface area contributed by atoms with Crippen molar-refractivity contribution in [2.45, 2.75) is 31.8 Å². The molecule has 162 valence electrons. The van der Waals surface area contributed by atoms with Crippen LogP contribution in [0.4, 0.5) is 0 Å². The zero-order valence-electron chi connectivity index (χ0n) is 17.6. The van der Waals surface area contributed by atoms with Crippen LogP contribution in [0, 0.1) is 0 Å². The molecule has 3 heterocycles.